The number of carbonyl (C=O) groups is 1. The normalized spacial score (nSPS) is 23.4. The minimum absolute atomic E-state index is 0.118. The van der Waals surface area contributed by atoms with Crippen molar-refractivity contribution in [1.29, 1.82) is 0 Å². The van der Waals surface area contributed by atoms with Gasteiger partial charge in [0.05, 0.1) is 4.90 Å². The number of rotatable bonds is 4. The number of sulfonamides is 1. The smallest absolute Gasteiger partial charge is 0.325 e. The summed E-state index contributed by atoms with van der Waals surface area (Å²) in [6, 6.07) is 4.51. The summed E-state index contributed by atoms with van der Waals surface area (Å²) in [5, 5.41) is 9.98. The molecule has 1 unspecified atom stereocenters. The molecular weight excluding hydrogens is 314 g/mol. The van der Waals surface area contributed by atoms with Gasteiger partial charge in [0.15, 0.2) is 0 Å². The van der Waals surface area contributed by atoms with Crippen LogP contribution in [0.25, 0.3) is 0 Å². The Morgan fingerprint density at radius 3 is 2.67 bits per heavy atom. The summed E-state index contributed by atoms with van der Waals surface area (Å²) < 4.78 is 26.9. The van der Waals surface area contributed by atoms with Crippen LogP contribution in [0.5, 0.6) is 0 Å². The first-order chi connectivity index (χ1) is 9.75. The van der Waals surface area contributed by atoms with Crippen LogP contribution in [-0.4, -0.2) is 35.9 Å². The summed E-state index contributed by atoms with van der Waals surface area (Å²) in [6.45, 7) is 3.59. The third-order valence-electron chi connectivity index (χ3n) is 4.12. The predicted molar refractivity (Wildman–Crippen MR) is 80.0 cm³/mol. The lowest BCUT2D eigenvalue weighted by Gasteiger charge is -2.33. The van der Waals surface area contributed by atoms with E-state index in [9.17, 15) is 18.3 Å². The van der Waals surface area contributed by atoms with Crippen molar-refractivity contribution in [3.63, 3.8) is 0 Å². The van der Waals surface area contributed by atoms with Crippen LogP contribution in [-0.2, 0) is 14.8 Å². The Morgan fingerprint density at radius 2 is 2.14 bits per heavy atom. The molecule has 1 aliphatic rings. The van der Waals surface area contributed by atoms with E-state index in [-0.39, 0.29) is 17.9 Å². The Labute approximate surface area is 129 Å². The lowest BCUT2D eigenvalue weighted by atomic mass is 9.95. The van der Waals surface area contributed by atoms with Crippen molar-refractivity contribution in [1.82, 2.24) is 4.31 Å². The Bertz CT molecular complexity index is 674. The predicted octanol–water partition coefficient (Wildman–Crippen LogP) is 2.67. The van der Waals surface area contributed by atoms with Gasteiger partial charge in [-0.1, -0.05) is 18.5 Å². The zero-order valence-corrected chi connectivity index (χ0v) is 13.5. The Kier molecular flexibility index (Phi) is 4.33. The highest BCUT2D eigenvalue weighted by Crippen LogP contribution is 2.38. The van der Waals surface area contributed by atoms with E-state index in [1.807, 2.05) is 0 Å². The molecule has 0 saturated carbocycles. The standard InChI is InChI=1S/C14H18ClNO4S/c1-3-14(13(17)18)7-4-8-16(14)21(19,20)12-6-5-11(15)9-10(12)2/h5-6,9H,3-4,7-8H2,1-2H3,(H,17,18). The first kappa shape index (κ1) is 16.3. The molecule has 0 aliphatic carbocycles. The number of halogens is 1. The van der Waals surface area contributed by atoms with E-state index in [1.165, 1.54) is 12.1 Å². The van der Waals surface area contributed by atoms with Crippen LogP contribution in [0.3, 0.4) is 0 Å². The summed E-state index contributed by atoms with van der Waals surface area (Å²) in [6.07, 6.45) is 1.13. The van der Waals surface area contributed by atoms with E-state index in [2.05, 4.69) is 0 Å². The van der Waals surface area contributed by atoms with Crippen molar-refractivity contribution in [3.05, 3.63) is 28.8 Å². The maximum atomic E-state index is 12.9. The van der Waals surface area contributed by atoms with E-state index < -0.39 is 21.5 Å². The molecule has 1 atom stereocenters. The van der Waals surface area contributed by atoms with Crippen LogP contribution >= 0.6 is 11.6 Å². The third-order valence-corrected chi connectivity index (χ3v) is 6.48. The molecule has 0 bridgehead atoms. The van der Waals surface area contributed by atoms with Crippen LogP contribution in [0.1, 0.15) is 31.7 Å². The summed E-state index contributed by atoms with van der Waals surface area (Å²) in [5.74, 6) is -1.09. The molecule has 1 aromatic carbocycles. The molecule has 7 heteroatoms. The number of nitrogens with zero attached hydrogens (tertiary/aromatic N) is 1. The van der Waals surface area contributed by atoms with Gasteiger partial charge in [0.25, 0.3) is 0 Å². The van der Waals surface area contributed by atoms with Crippen LogP contribution in [0.2, 0.25) is 5.02 Å². The van der Waals surface area contributed by atoms with Crippen molar-refractivity contribution in [3.8, 4) is 0 Å². The lowest BCUT2D eigenvalue weighted by molar-refractivity contribution is -0.147. The first-order valence-corrected chi connectivity index (χ1v) is 8.60. The van der Waals surface area contributed by atoms with Crippen LogP contribution in [0.15, 0.2) is 23.1 Å². The number of aliphatic carboxylic acids is 1. The van der Waals surface area contributed by atoms with Gasteiger partial charge in [-0.15, -0.1) is 0 Å². The highest BCUT2D eigenvalue weighted by molar-refractivity contribution is 7.89. The molecule has 116 valence electrons. The Balaban J connectivity index is 2.55. The van der Waals surface area contributed by atoms with Crippen molar-refractivity contribution in [2.24, 2.45) is 0 Å². The maximum absolute atomic E-state index is 12.9. The molecule has 5 nitrogen and oxygen atoms in total. The summed E-state index contributed by atoms with van der Waals surface area (Å²) in [4.78, 5) is 11.8. The van der Waals surface area contributed by atoms with E-state index in [4.69, 9.17) is 11.6 Å². The average Bonchev–Trinajstić information content (AvgIpc) is 2.84. The molecule has 1 fully saturated rings. The first-order valence-electron chi connectivity index (χ1n) is 6.78. The number of hydrogen-bond acceptors (Lipinski definition) is 3. The highest BCUT2D eigenvalue weighted by Gasteiger charge is 2.52. The minimum Gasteiger partial charge on any atom is -0.480 e. The molecule has 0 radical (unpaired) electrons. The molecule has 1 N–H and O–H groups in total. The lowest BCUT2D eigenvalue weighted by Crippen LogP contribution is -2.52. The zero-order chi connectivity index (χ0) is 15.8. The highest BCUT2D eigenvalue weighted by atomic mass is 35.5. The van der Waals surface area contributed by atoms with Crippen molar-refractivity contribution in [2.45, 2.75) is 43.5 Å². The SMILES string of the molecule is CCC1(C(=O)O)CCCN1S(=O)(=O)c1ccc(Cl)cc1C. The van der Waals surface area contributed by atoms with Gasteiger partial charge in [0.1, 0.15) is 5.54 Å². The van der Waals surface area contributed by atoms with Crippen LogP contribution in [0, 0.1) is 6.92 Å². The second-order valence-corrected chi connectivity index (χ2v) is 7.55. The molecule has 1 saturated heterocycles. The third kappa shape index (κ3) is 2.56. The van der Waals surface area contributed by atoms with Gasteiger partial charge in [-0.2, -0.15) is 4.31 Å². The molecule has 1 aromatic rings. The molecule has 0 aromatic heterocycles. The summed E-state index contributed by atoms with van der Waals surface area (Å²) in [5.41, 5.74) is -0.824. The number of benzene rings is 1. The number of hydrogen-bond donors (Lipinski definition) is 1. The maximum Gasteiger partial charge on any atom is 0.325 e. The molecular formula is C14H18ClNO4S. The van der Waals surface area contributed by atoms with Gasteiger partial charge in [0, 0.05) is 11.6 Å². The van der Waals surface area contributed by atoms with Gasteiger partial charge in [-0.05, 0) is 49.9 Å². The van der Waals surface area contributed by atoms with E-state index >= 15 is 0 Å². The van der Waals surface area contributed by atoms with E-state index in [0.29, 0.717) is 23.4 Å². The van der Waals surface area contributed by atoms with Crippen molar-refractivity contribution in [2.75, 3.05) is 6.54 Å². The molecule has 21 heavy (non-hydrogen) atoms. The quantitative estimate of drug-likeness (QED) is 0.920. The second-order valence-electron chi connectivity index (χ2n) is 5.28. The molecule has 0 amide bonds. The van der Waals surface area contributed by atoms with Gasteiger partial charge in [0.2, 0.25) is 10.0 Å². The van der Waals surface area contributed by atoms with Crippen molar-refractivity contribution >= 4 is 27.6 Å². The fourth-order valence-electron chi connectivity index (χ4n) is 2.94. The fraction of sp³-hybridized carbons (Fsp3) is 0.500. The molecule has 1 heterocycles. The topological polar surface area (TPSA) is 74.7 Å². The largest absolute Gasteiger partial charge is 0.480 e. The van der Waals surface area contributed by atoms with Gasteiger partial charge in [-0.3, -0.25) is 4.79 Å². The zero-order valence-electron chi connectivity index (χ0n) is 12.0. The minimum atomic E-state index is -3.86. The molecule has 0 spiro atoms. The van der Waals surface area contributed by atoms with Gasteiger partial charge >= 0.3 is 5.97 Å². The average molecular weight is 332 g/mol. The molecule has 2 rings (SSSR count). The molecule has 1 aliphatic heterocycles. The van der Waals surface area contributed by atoms with E-state index in [1.54, 1.807) is 19.9 Å². The Morgan fingerprint density at radius 1 is 1.48 bits per heavy atom. The number of carboxylic acids is 1. The van der Waals surface area contributed by atoms with Crippen LogP contribution < -0.4 is 0 Å². The summed E-state index contributed by atoms with van der Waals surface area (Å²) in [7, 11) is -3.86. The van der Waals surface area contributed by atoms with Gasteiger partial charge < -0.3 is 5.11 Å². The summed E-state index contributed by atoms with van der Waals surface area (Å²) >= 11 is 5.86. The number of aryl methyl sites for hydroxylation is 1. The fourth-order valence-corrected chi connectivity index (χ4v) is 5.24. The van der Waals surface area contributed by atoms with E-state index in [0.717, 1.165) is 4.31 Å². The van der Waals surface area contributed by atoms with Gasteiger partial charge in [-0.25, -0.2) is 8.42 Å². The monoisotopic (exact) mass is 331 g/mol. The second kappa shape index (κ2) is 5.59. The number of carboxylic acid groups (broad SMARTS) is 1. The van der Waals surface area contributed by atoms with Crippen molar-refractivity contribution < 1.29 is 18.3 Å². The Hall–Kier alpha value is -1.11. The van der Waals surface area contributed by atoms with Crippen LogP contribution in [0.4, 0.5) is 0 Å².